The fraction of sp³-hybridized carbons (Fsp3) is 0.458. The molecule has 174 valence electrons. The first-order valence-corrected chi connectivity index (χ1v) is 11.0. The summed E-state index contributed by atoms with van der Waals surface area (Å²) in [6.07, 6.45) is 2.83. The van der Waals surface area contributed by atoms with Crippen LogP contribution in [0.5, 0.6) is 0 Å². The Morgan fingerprint density at radius 3 is 2.47 bits per heavy atom. The lowest BCUT2D eigenvalue weighted by molar-refractivity contribution is 0.0472. The highest BCUT2D eigenvalue weighted by Gasteiger charge is 2.11. The topological polar surface area (TPSA) is 95.0 Å². The molecule has 0 saturated heterocycles. The van der Waals surface area contributed by atoms with Gasteiger partial charge in [-0.25, -0.2) is 9.59 Å². The molecule has 0 bridgehead atoms. The Bertz CT molecular complexity index is 853. The summed E-state index contributed by atoms with van der Waals surface area (Å²) in [6, 6.07) is 10.2. The number of pyridine rings is 1. The van der Waals surface area contributed by atoms with Gasteiger partial charge in [-0.1, -0.05) is 26.0 Å². The first-order valence-electron chi connectivity index (χ1n) is 11.0. The van der Waals surface area contributed by atoms with Crippen molar-refractivity contribution < 1.29 is 19.4 Å². The lowest BCUT2D eigenvalue weighted by Gasteiger charge is -2.17. The molecule has 0 saturated carbocycles. The highest BCUT2D eigenvalue weighted by atomic mass is 16.5. The van der Waals surface area contributed by atoms with Gasteiger partial charge in [-0.3, -0.25) is 9.88 Å². The number of carbonyl (C=O) groups excluding carboxylic acids is 1. The quantitative estimate of drug-likeness (QED) is 0.360. The van der Waals surface area contributed by atoms with Crippen LogP contribution in [0.3, 0.4) is 0 Å². The second-order valence-corrected chi connectivity index (χ2v) is 7.53. The van der Waals surface area contributed by atoms with Crippen LogP contribution in [0.4, 0.5) is 10.5 Å². The molecule has 0 spiro atoms. The van der Waals surface area contributed by atoms with Gasteiger partial charge in [-0.2, -0.15) is 0 Å². The maximum atomic E-state index is 12.4. The summed E-state index contributed by atoms with van der Waals surface area (Å²) >= 11 is 0. The molecular formula is C24H34N4O4. The molecule has 1 aromatic heterocycles. The summed E-state index contributed by atoms with van der Waals surface area (Å²) in [7, 11) is 1.47. The van der Waals surface area contributed by atoms with Crippen molar-refractivity contribution in [3.05, 3.63) is 59.4 Å². The predicted octanol–water partition coefficient (Wildman–Crippen LogP) is 3.76. The summed E-state index contributed by atoms with van der Waals surface area (Å²) in [5.41, 5.74) is 2.58. The molecule has 8 nitrogen and oxygen atoms in total. The van der Waals surface area contributed by atoms with E-state index in [1.165, 1.54) is 7.05 Å². The number of hydrogen-bond acceptors (Lipinski definition) is 6. The number of nitrogens with zero attached hydrogens (tertiary/aromatic N) is 3. The van der Waals surface area contributed by atoms with Gasteiger partial charge in [0.1, 0.15) is 6.61 Å². The number of esters is 1. The lowest BCUT2D eigenvalue weighted by Crippen LogP contribution is -2.25. The summed E-state index contributed by atoms with van der Waals surface area (Å²) in [4.78, 5) is 31.3. The van der Waals surface area contributed by atoms with Crippen molar-refractivity contribution in [3.63, 3.8) is 0 Å². The van der Waals surface area contributed by atoms with E-state index in [9.17, 15) is 9.59 Å². The van der Waals surface area contributed by atoms with Crippen molar-refractivity contribution in [1.82, 2.24) is 15.2 Å². The molecule has 0 radical (unpaired) electrons. The summed E-state index contributed by atoms with van der Waals surface area (Å²) in [5, 5.41) is 12.4. The predicted molar refractivity (Wildman–Crippen MR) is 125 cm³/mol. The molecule has 0 atom stereocenters. The van der Waals surface area contributed by atoms with Gasteiger partial charge in [0.15, 0.2) is 0 Å². The Hall–Kier alpha value is -2.97. The van der Waals surface area contributed by atoms with Crippen LogP contribution in [0.2, 0.25) is 0 Å². The summed E-state index contributed by atoms with van der Waals surface area (Å²) in [5.74, 6) is -0.417. The molecule has 0 aliphatic rings. The van der Waals surface area contributed by atoms with E-state index >= 15 is 0 Å². The second-order valence-electron chi connectivity index (χ2n) is 7.53. The van der Waals surface area contributed by atoms with E-state index in [1.807, 2.05) is 0 Å². The number of nitrogens with one attached hydrogen (secondary N) is 1. The highest BCUT2D eigenvalue weighted by Crippen LogP contribution is 2.15. The Balaban J connectivity index is 1.76. The van der Waals surface area contributed by atoms with E-state index in [0.717, 1.165) is 55.2 Å². The maximum absolute atomic E-state index is 12.4. The Morgan fingerprint density at radius 1 is 1.09 bits per heavy atom. The molecule has 0 fully saturated rings. The molecule has 32 heavy (non-hydrogen) atoms. The maximum Gasteiger partial charge on any atom is 0.411 e. The van der Waals surface area contributed by atoms with Crippen molar-refractivity contribution >= 4 is 17.7 Å². The van der Waals surface area contributed by atoms with Gasteiger partial charge in [-0.15, -0.1) is 0 Å². The van der Waals surface area contributed by atoms with Crippen LogP contribution in [-0.2, 0) is 17.9 Å². The second kappa shape index (κ2) is 13.4. The van der Waals surface area contributed by atoms with Gasteiger partial charge in [0, 0.05) is 25.5 Å². The summed E-state index contributed by atoms with van der Waals surface area (Å²) < 4.78 is 5.40. The number of aromatic nitrogens is 1. The minimum atomic E-state index is -1.04. The van der Waals surface area contributed by atoms with E-state index in [4.69, 9.17) is 9.84 Å². The average molecular weight is 443 g/mol. The van der Waals surface area contributed by atoms with Gasteiger partial charge in [0.25, 0.3) is 0 Å². The SMILES string of the molecule is CCN(CC)CCCCNCc1cc(C(=O)OCc2ccc(N(C)C(=O)O)cc2)ccn1. The van der Waals surface area contributed by atoms with Crippen LogP contribution in [0.15, 0.2) is 42.6 Å². The first kappa shape index (κ1) is 25.3. The van der Waals surface area contributed by atoms with Gasteiger partial charge in [-0.05, 0) is 68.8 Å². The summed E-state index contributed by atoms with van der Waals surface area (Å²) in [6.45, 7) is 9.28. The van der Waals surface area contributed by atoms with E-state index in [2.05, 4.69) is 29.0 Å². The average Bonchev–Trinajstić information content (AvgIpc) is 2.82. The van der Waals surface area contributed by atoms with Crippen molar-refractivity contribution in [1.29, 1.82) is 0 Å². The number of unbranched alkanes of at least 4 members (excludes halogenated alkanes) is 1. The molecule has 8 heteroatoms. The van der Waals surface area contributed by atoms with Gasteiger partial charge in [0.05, 0.1) is 11.3 Å². The van der Waals surface area contributed by atoms with Crippen LogP contribution >= 0.6 is 0 Å². The van der Waals surface area contributed by atoms with E-state index < -0.39 is 12.1 Å². The number of carboxylic acid groups (broad SMARTS) is 1. The molecule has 0 aliphatic heterocycles. The number of anilines is 1. The fourth-order valence-electron chi connectivity index (χ4n) is 3.20. The Kier molecular flexibility index (Phi) is 10.6. The largest absolute Gasteiger partial charge is 0.465 e. The Morgan fingerprint density at radius 2 is 1.81 bits per heavy atom. The number of hydrogen-bond donors (Lipinski definition) is 2. The number of amides is 1. The third kappa shape index (κ3) is 8.28. The third-order valence-corrected chi connectivity index (χ3v) is 5.31. The number of carbonyl (C=O) groups is 2. The molecule has 2 rings (SSSR count). The van der Waals surface area contributed by atoms with Crippen molar-refractivity contribution in [2.24, 2.45) is 0 Å². The zero-order valence-corrected chi connectivity index (χ0v) is 19.2. The fourth-order valence-corrected chi connectivity index (χ4v) is 3.20. The zero-order chi connectivity index (χ0) is 23.3. The van der Waals surface area contributed by atoms with Gasteiger partial charge < -0.3 is 20.1 Å². The van der Waals surface area contributed by atoms with Crippen LogP contribution in [-0.4, -0.2) is 60.3 Å². The number of benzene rings is 1. The van der Waals surface area contributed by atoms with E-state index in [1.54, 1.807) is 42.6 Å². The van der Waals surface area contributed by atoms with Gasteiger partial charge in [0.2, 0.25) is 0 Å². The lowest BCUT2D eigenvalue weighted by atomic mass is 10.2. The van der Waals surface area contributed by atoms with E-state index in [-0.39, 0.29) is 6.61 Å². The molecule has 1 heterocycles. The van der Waals surface area contributed by atoms with Crippen molar-refractivity contribution in [2.75, 3.05) is 38.1 Å². The third-order valence-electron chi connectivity index (χ3n) is 5.31. The molecule has 2 aromatic rings. The first-order chi connectivity index (χ1) is 15.4. The standard InChI is InChI=1S/C24H34N4O4/c1-4-28(5-2)15-7-6-13-25-17-21-16-20(12-14-26-21)23(29)32-18-19-8-10-22(11-9-19)27(3)24(30)31/h8-12,14,16,25H,4-7,13,15,17-18H2,1-3H3,(H,30,31). The Labute approximate surface area is 190 Å². The molecule has 1 aromatic carbocycles. The smallest absolute Gasteiger partial charge is 0.411 e. The number of ether oxygens (including phenoxy) is 1. The molecule has 2 N–H and O–H groups in total. The molecule has 0 unspecified atom stereocenters. The minimum absolute atomic E-state index is 0.109. The van der Waals surface area contributed by atoms with Crippen molar-refractivity contribution in [2.45, 2.75) is 39.8 Å². The van der Waals surface area contributed by atoms with Crippen LogP contribution in [0.25, 0.3) is 0 Å². The minimum Gasteiger partial charge on any atom is -0.465 e. The molecular weight excluding hydrogens is 408 g/mol. The number of rotatable bonds is 13. The van der Waals surface area contributed by atoms with Crippen LogP contribution in [0.1, 0.15) is 48.3 Å². The van der Waals surface area contributed by atoms with Crippen LogP contribution in [0, 0.1) is 0 Å². The van der Waals surface area contributed by atoms with E-state index in [0.29, 0.717) is 17.8 Å². The van der Waals surface area contributed by atoms with Crippen molar-refractivity contribution in [3.8, 4) is 0 Å². The monoisotopic (exact) mass is 442 g/mol. The zero-order valence-electron chi connectivity index (χ0n) is 19.2. The normalized spacial score (nSPS) is 10.9. The highest BCUT2D eigenvalue weighted by molar-refractivity contribution is 5.89. The molecule has 0 aliphatic carbocycles. The molecule has 1 amide bonds. The van der Waals surface area contributed by atoms with Gasteiger partial charge >= 0.3 is 12.1 Å². The van der Waals surface area contributed by atoms with Crippen LogP contribution < -0.4 is 10.2 Å².